The molecule has 0 spiro atoms. The lowest BCUT2D eigenvalue weighted by atomic mass is 10.1. The molecule has 2 aromatic carbocycles. The maximum absolute atomic E-state index is 14.1. The van der Waals surface area contributed by atoms with Crippen LogP contribution in [0.5, 0.6) is 11.5 Å². The van der Waals surface area contributed by atoms with E-state index in [2.05, 4.69) is 19.2 Å². The van der Waals surface area contributed by atoms with Crippen LogP contribution in [0.1, 0.15) is 30.5 Å². The van der Waals surface area contributed by atoms with E-state index in [4.69, 9.17) is 4.74 Å². The number of hydrogen-bond donors (Lipinski definition) is 1. The number of ether oxygens (including phenoxy) is 1. The molecule has 2 rings (SSSR count). The summed E-state index contributed by atoms with van der Waals surface area (Å²) in [5.41, 5.74) is 2.91. The summed E-state index contributed by atoms with van der Waals surface area (Å²) in [5.74, 6) is 0.671. The third-order valence-corrected chi connectivity index (χ3v) is 3.30. The fourth-order valence-electron chi connectivity index (χ4n) is 2.05. The summed E-state index contributed by atoms with van der Waals surface area (Å²) in [7, 11) is 0. The minimum atomic E-state index is -0.334. The Morgan fingerprint density at radius 3 is 2.62 bits per heavy atom. The minimum absolute atomic E-state index is 0.305. The Morgan fingerprint density at radius 1 is 1.14 bits per heavy atom. The summed E-state index contributed by atoms with van der Waals surface area (Å²) >= 11 is 0. The van der Waals surface area contributed by atoms with Crippen molar-refractivity contribution in [3.63, 3.8) is 0 Å². The van der Waals surface area contributed by atoms with E-state index in [0.717, 1.165) is 16.7 Å². The molecular weight excluding hydrogens is 265 g/mol. The van der Waals surface area contributed by atoms with Gasteiger partial charge in [-0.3, -0.25) is 0 Å². The first kappa shape index (κ1) is 15.5. The molecule has 0 atom stereocenters. The van der Waals surface area contributed by atoms with Gasteiger partial charge in [0.25, 0.3) is 0 Å². The van der Waals surface area contributed by atoms with Crippen LogP contribution in [-0.4, -0.2) is 6.04 Å². The zero-order valence-corrected chi connectivity index (χ0v) is 13.0. The van der Waals surface area contributed by atoms with Gasteiger partial charge in [0.05, 0.1) is 0 Å². The molecule has 0 radical (unpaired) electrons. The van der Waals surface area contributed by atoms with Gasteiger partial charge in [-0.15, -0.1) is 0 Å². The van der Waals surface area contributed by atoms with Gasteiger partial charge >= 0.3 is 0 Å². The maximum atomic E-state index is 14.1. The van der Waals surface area contributed by atoms with Gasteiger partial charge in [-0.05, 0) is 37.1 Å². The summed E-state index contributed by atoms with van der Waals surface area (Å²) in [5, 5.41) is 3.29. The van der Waals surface area contributed by atoms with Crippen LogP contribution < -0.4 is 10.1 Å². The van der Waals surface area contributed by atoms with Gasteiger partial charge in [-0.1, -0.05) is 38.1 Å². The summed E-state index contributed by atoms with van der Waals surface area (Å²) in [4.78, 5) is 0. The molecule has 0 aliphatic heterocycles. The van der Waals surface area contributed by atoms with E-state index < -0.39 is 0 Å². The number of aryl methyl sites for hydroxylation is 2. The molecule has 3 heteroatoms. The lowest BCUT2D eigenvalue weighted by molar-refractivity contribution is 0.429. The summed E-state index contributed by atoms with van der Waals surface area (Å²) in [6, 6.07) is 11.3. The van der Waals surface area contributed by atoms with E-state index in [0.29, 0.717) is 24.1 Å². The Bertz CT molecular complexity index is 623. The molecule has 1 N–H and O–H groups in total. The third-order valence-electron chi connectivity index (χ3n) is 3.30. The second-order valence-corrected chi connectivity index (χ2v) is 5.63. The van der Waals surface area contributed by atoms with Crippen LogP contribution in [-0.2, 0) is 6.54 Å². The molecule has 0 heterocycles. The lowest BCUT2D eigenvalue weighted by Gasteiger charge is -2.15. The Hall–Kier alpha value is -1.87. The van der Waals surface area contributed by atoms with Gasteiger partial charge in [0.2, 0.25) is 0 Å². The molecule has 0 saturated carbocycles. The van der Waals surface area contributed by atoms with Crippen molar-refractivity contribution < 1.29 is 9.13 Å². The Labute approximate surface area is 126 Å². The zero-order chi connectivity index (χ0) is 15.4. The van der Waals surface area contributed by atoms with E-state index in [-0.39, 0.29) is 5.82 Å². The highest BCUT2D eigenvalue weighted by Crippen LogP contribution is 2.31. The standard InChI is InChI=1S/C18H22FNO/c1-12(2)20-11-15-6-5-7-16(19)18(15)21-17-10-13(3)8-9-14(17)4/h5-10,12,20H,11H2,1-4H3. The molecule has 112 valence electrons. The van der Waals surface area contributed by atoms with Crippen molar-refractivity contribution in [3.05, 3.63) is 58.9 Å². The van der Waals surface area contributed by atoms with Crippen molar-refractivity contribution in [2.45, 2.75) is 40.3 Å². The fraction of sp³-hybridized carbons (Fsp3) is 0.333. The number of benzene rings is 2. The van der Waals surface area contributed by atoms with Crippen molar-refractivity contribution in [3.8, 4) is 11.5 Å². The molecular formula is C18H22FNO. The molecule has 0 saturated heterocycles. The van der Waals surface area contributed by atoms with Crippen molar-refractivity contribution in [2.75, 3.05) is 0 Å². The highest BCUT2D eigenvalue weighted by molar-refractivity contribution is 5.43. The summed E-state index contributed by atoms with van der Waals surface area (Å²) in [6.07, 6.45) is 0. The van der Waals surface area contributed by atoms with Gasteiger partial charge < -0.3 is 10.1 Å². The molecule has 0 bridgehead atoms. The first-order chi connectivity index (χ1) is 9.97. The largest absolute Gasteiger partial charge is 0.454 e. The first-order valence-electron chi connectivity index (χ1n) is 7.23. The highest BCUT2D eigenvalue weighted by atomic mass is 19.1. The normalized spacial score (nSPS) is 11.0. The lowest BCUT2D eigenvalue weighted by Crippen LogP contribution is -2.22. The highest BCUT2D eigenvalue weighted by Gasteiger charge is 2.12. The number of halogens is 1. The van der Waals surface area contributed by atoms with Crippen LogP contribution in [0, 0.1) is 19.7 Å². The van der Waals surface area contributed by atoms with Gasteiger partial charge in [0, 0.05) is 18.2 Å². The molecule has 0 fully saturated rings. The van der Waals surface area contributed by atoms with Gasteiger partial charge in [-0.2, -0.15) is 0 Å². The Kier molecular flexibility index (Phi) is 4.97. The van der Waals surface area contributed by atoms with E-state index in [1.807, 2.05) is 38.1 Å². The van der Waals surface area contributed by atoms with E-state index in [9.17, 15) is 4.39 Å². The predicted octanol–water partition coefficient (Wildman–Crippen LogP) is 4.73. The van der Waals surface area contributed by atoms with Crippen LogP contribution in [0.4, 0.5) is 4.39 Å². The van der Waals surface area contributed by atoms with Crippen LogP contribution in [0.3, 0.4) is 0 Å². The second kappa shape index (κ2) is 6.72. The quantitative estimate of drug-likeness (QED) is 0.858. The van der Waals surface area contributed by atoms with E-state index in [1.165, 1.54) is 6.07 Å². The van der Waals surface area contributed by atoms with Gasteiger partial charge in [0.15, 0.2) is 11.6 Å². The number of para-hydroxylation sites is 1. The number of nitrogens with one attached hydrogen (secondary N) is 1. The van der Waals surface area contributed by atoms with E-state index in [1.54, 1.807) is 6.07 Å². The summed E-state index contributed by atoms with van der Waals surface area (Å²) in [6.45, 7) is 8.65. The van der Waals surface area contributed by atoms with E-state index >= 15 is 0 Å². The molecule has 2 aromatic rings. The van der Waals surface area contributed by atoms with Crippen molar-refractivity contribution in [1.29, 1.82) is 0 Å². The number of rotatable bonds is 5. The first-order valence-corrected chi connectivity index (χ1v) is 7.23. The minimum Gasteiger partial charge on any atom is -0.454 e. The second-order valence-electron chi connectivity index (χ2n) is 5.63. The van der Waals surface area contributed by atoms with Crippen LogP contribution in [0.25, 0.3) is 0 Å². The molecule has 0 unspecified atom stereocenters. The smallest absolute Gasteiger partial charge is 0.167 e. The molecule has 0 aromatic heterocycles. The Balaban J connectivity index is 2.32. The monoisotopic (exact) mass is 287 g/mol. The third kappa shape index (κ3) is 4.05. The predicted molar refractivity (Wildman–Crippen MR) is 84.4 cm³/mol. The van der Waals surface area contributed by atoms with Gasteiger partial charge in [-0.25, -0.2) is 4.39 Å². The molecule has 21 heavy (non-hydrogen) atoms. The van der Waals surface area contributed by atoms with Crippen molar-refractivity contribution >= 4 is 0 Å². The average molecular weight is 287 g/mol. The van der Waals surface area contributed by atoms with Crippen molar-refractivity contribution in [1.82, 2.24) is 5.32 Å². The van der Waals surface area contributed by atoms with Gasteiger partial charge in [0.1, 0.15) is 5.75 Å². The SMILES string of the molecule is Cc1ccc(C)c(Oc2c(F)cccc2CNC(C)C)c1. The molecule has 0 amide bonds. The molecule has 0 aliphatic carbocycles. The molecule has 0 aliphatic rings. The fourth-order valence-corrected chi connectivity index (χ4v) is 2.05. The maximum Gasteiger partial charge on any atom is 0.167 e. The molecule has 2 nitrogen and oxygen atoms in total. The summed E-state index contributed by atoms with van der Waals surface area (Å²) < 4.78 is 20.0. The zero-order valence-electron chi connectivity index (χ0n) is 13.0. The van der Waals surface area contributed by atoms with Crippen molar-refractivity contribution in [2.24, 2.45) is 0 Å². The van der Waals surface area contributed by atoms with Crippen LogP contribution in [0.2, 0.25) is 0 Å². The number of hydrogen-bond acceptors (Lipinski definition) is 2. The average Bonchev–Trinajstić information content (AvgIpc) is 2.43. The topological polar surface area (TPSA) is 21.3 Å². The Morgan fingerprint density at radius 2 is 1.90 bits per heavy atom. The van der Waals surface area contributed by atoms with Crippen LogP contribution >= 0.6 is 0 Å². The van der Waals surface area contributed by atoms with Crippen LogP contribution in [0.15, 0.2) is 36.4 Å².